The number of quaternary nitrogens is 3. The average Bonchev–Trinajstić information content (AvgIpc) is 0.800. The first kappa shape index (κ1) is 123. The molecule has 10 rings (SSSR count). The van der Waals surface area contributed by atoms with Gasteiger partial charge in [-0.05, 0) is 316 Å². The lowest BCUT2D eigenvalue weighted by Crippen LogP contribution is -2.57. The van der Waals surface area contributed by atoms with E-state index in [2.05, 4.69) is 119 Å². The molecule has 145 heavy (non-hydrogen) atoms. The minimum Gasteiger partial charge on any atom is -0.544 e. The van der Waals surface area contributed by atoms with Crippen LogP contribution < -0.4 is 28.8 Å². The molecule has 0 aliphatic heterocycles. The number of carboxylic acid groups (broad SMARTS) is 1. The second-order valence-electron chi connectivity index (χ2n) is 44.6. The third-order valence-corrected chi connectivity index (χ3v) is 29.2. The van der Waals surface area contributed by atoms with Crippen molar-refractivity contribution in [3.05, 3.63) is 250 Å². The Kier molecular flexibility index (Phi) is 48.7. The summed E-state index contributed by atoms with van der Waals surface area (Å²) in [6, 6.07) is 18.4. The number of carbonyl (C=O) groups excluding carboxylic acids is 6. The summed E-state index contributed by atoms with van der Waals surface area (Å²) in [6.07, 6.45) is 39.1. The average molecular weight is 2000 g/mol. The Balaban J connectivity index is 0.000000346. The Morgan fingerprint density at radius 3 is 0.662 bits per heavy atom. The first-order chi connectivity index (χ1) is 67.5. The highest BCUT2D eigenvalue weighted by Crippen LogP contribution is 2.54. The van der Waals surface area contributed by atoms with Crippen LogP contribution in [0.15, 0.2) is 180 Å². The van der Waals surface area contributed by atoms with Crippen molar-refractivity contribution in [2.24, 2.45) is 29.6 Å². The molecule has 0 heterocycles. The smallest absolute Gasteiger partial charge is 0.367 e. The number of ether oxygens (including phenoxy) is 5. The van der Waals surface area contributed by atoms with Gasteiger partial charge in [0.2, 0.25) is 0 Å². The monoisotopic (exact) mass is 2000 g/mol. The van der Waals surface area contributed by atoms with Crippen molar-refractivity contribution in [2.75, 3.05) is 81.6 Å². The van der Waals surface area contributed by atoms with Gasteiger partial charge in [0.25, 0.3) is 0 Å². The van der Waals surface area contributed by atoms with Crippen molar-refractivity contribution >= 4 is 35.8 Å². The van der Waals surface area contributed by atoms with Crippen molar-refractivity contribution < 1.29 is 96.5 Å². The van der Waals surface area contributed by atoms with E-state index in [-0.39, 0.29) is 144 Å². The van der Waals surface area contributed by atoms with E-state index in [4.69, 9.17) is 23.7 Å². The Labute approximate surface area is 872 Å². The number of benzene rings is 5. The van der Waals surface area contributed by atoms with E-state index >= 15 is 0 Å². The summed E-state index contributed by atoms with van der Waals surface area (Å²) in [6.45, 7) is 50.7. The maximum atomic E-state index is 14.0. The van der Waals surface area contributed by atoms with Gasteiger partial charge in [0.05, 0.1) is 48.3 Å². The van der Waals surface area contributed by atoms with Gasteiger partial charge in [-0.3, -0.25) is 0 Å². The molecular formula is C125H181N3O17. The highest BCUT2D eigenvalue weighted by atomic mass is 16.6. The molecule has 0 amide bonds. The maximum Gasteiger partial charge on any atom is 0.367 e. The number of likely N-dealkylation sites (N-methyl/N-ethyl adjacent to an activating group) is 3. The Morgan fingerprint density at radius 1 is 0.303 bits per heavy atom. The molecule has 5 N–H and O–H groups in total. The Hall–Kier alpha value is -10.8. The number of unbranched alkanes of at least 4 members (excludes halogenated alkanes) is 10. The van der Waals surface area contributed by atoms with Gasteiger partial charge < -0.3 is 87.4 Å². The van der Waals surface area contributed by atoms with E-state index < -0.39 is 54.0 Å². The summed E-state index contributed by atoms with van der Waals surface area (Å²) in [7, 11) is 11.0. The number of allylic oxidation sites excluding steroid dienone is 15. The van der Waals surface area contributed by atoms with Crippen LogP contribution in [0.25, 0.3) is 0 Å². The molecule has 5 aliphatic carbocycles. The number of carbonyl (C=O) groups is 6. The molecule has 5 aromatic rings. The predicted octanol–water partition coefficient (Wildman–Crippen LogP) is 27.1. The molecule has 10 atom stereocenters. The zero-order valence-corrected chi connectivity index (χ0v) is 92.9. The molecule has 20 nitrogen and oxygen atoms in total. The molecule has 0 saturated carbocycles. The number of hydrogen-bond acceptors (Lipinski definition) is 17. The van der Waals surface area contributed by atoms with Crippen LogP contribution in [0, 0.1) is 44.4 Å². The first-order valence-electron chi connectivity index (χ1n) is 53.1. The molecule has 798 valence electrons. The largest absolute Gasteiger partial charge is 0.544 e. The van der Waals surface area contributed by atoms with Crippen molar-refractivity contribution in [1.29, 1.82) is 0 Å². The molecule has 5 aliphatic rings. The van der Waals surface area contributed by atoms with Crippen molar-refractivity contribution in [1.82, 2.24) is 0 Å². The second kappa shape index (κ2) is 57.5. The third kappa shape index (κ3) is 36.9. The summed E-state index contributed by atoms with van der Waals surface area (Å²) in [4.78, 5) is 80.5. The normalized spacial score (nSPS) is 19.4. The summed E-state index contributed by atoms with van der Waals surface area (Å²) >= 11 is 0. The van der Waals surface area contributed by atoms with Gasteiger partial charge in [0, 0.05) is 57.4 Å². The second-order valence-corrected chi connectivity index (χ2v) is 44.6. The zero-order chi connectivity index (χ0) is 106. The Bertz CT molecular complexity index is 5250. The molecule has 20 heteroatoms. The van der Waals surface area contributed by atoms with Gasteiger partial charge in [0.15, 0.2) is 32.7 Å². The lowest BCUT2D eigenvalue weighted by atomic mass is 9.73. The van der Waals surface area contributed by atoms with Crippen LogP contribution >= 0.6 is 0 Å². The number of aromatic hydroxyl groups is 5. The number of aryl methyl sites for hydroxylation is 5. The number of esters is 5. The number of phenolic OH excluding ortho intramolecular Hbond substituents is 5. The van der Waals surface area contributed by atoms with Crippen LogP contribution in [0.1, 0.15) is 350 Å². The quantitative estimate of drug-likeness (QED) is 0.00605. The van der Waals surface area contributed by atoms with Gasteiger partial charge in [-0.1, -0.05) is 218 Å². The van der Waals surface area contributed by atoms with Gasteiger partial charge in [-0.25, -0.2) is 24.0 Å². The van der Waals surface area contributed by atoms with Crippen molar-refractivity contribution in [2.45, 2.75) is 326 Å². The van der Waals surface area contributed by atoms with Crippen LogP contribution in [-0.4, -0.2) is 156 Å². The predicted molar refractivity (Wildman–Crippen MR) is 588 cm³/mol. The fraction of sp³-hybridized carbons (Fsp3) is 0.536. The maximum absolute atomic E-state index is 14.0. The topological polar surface area (TPSA) is 273 Å². The number of aliphatic carboxylic acids is 1. The van der Waals surface area contributed by atoms with Gasteiger partial charge >= 0.3 is 29.8 Å². The standard InChI is InChI=1S/C49H67NO8.C48H67NO6.C26H39NO3.2CH3/c1-10-12-14-16-35-24-41(51)48(39-22-33(7)18-20-37(39)31(3)4)43(26-35)57-46(55)29-50(9,28-45(53)54)30-47(56)58-44-27-36(17-15-13-11-2)25-42(52)49(44)40-23-34(8)19-21-38(40)32(5)6;1-11-13-15-17-35-25-41(50)47(39-23-33(7)19-21-37(39)31(3)4)43(27-35)54-45(52)29-49(9,10)30-46(53)55-44-28-36(18-16-14-12-2)26-42(51)48(44)40-24-34(8)20-22-38(40)32(5)6;1-8-9-10-11-20-15-23(28)26(22-14-19(4)12-13-21(22)18(2)3)24(16-20)30-25(29)17-27(5,6)7;;/h22-27,37-40H,3,5,10-21,28-30H2,1-2,4,6-9H3,(H2-,51,52,53,54);23-28,37-40H,3,5,11-22,29-30H2,1-2,4,6-10H3,(H-,50,51);14-16,21-22H,2,8-13,17H2,1,3-7H3;2*1H3/q;;;2*-1/p+2/t2*37-,38-,39+,40+;21-,22+;;/m000../s1. The first-order valence-corrected chi connectivity index (χ1v) is 53.1. The van der Waals surface area contributed by atoms with Crippen LogP contribution in [0.5, 0.6) is 57.5 Å². The van der Waals surface area contributed by atoms with E-state index in [1.54, 1.807) is 38.4 Å². The van der Waals surface area contributed by atoms with Gasteiger partial charge in [0.1, 0.15) is 64.0 Å². The highest BCUT2D eigenvalue weighted by Gasteiger charge is 2.41. The highest BCUT2D eigenvalue weighted by molar-refractivity contribution is 5.80. The van der Waals surface area contributed by atoms with Crippen LogP contribution in [0.3, 0.4) is 0 Å². The van der Waals surface area contributed by atoms with E-state index in [0.717, 1.165) is 252 Å². The number of carboxylic acids is 1. The number of phenols is 5. The lowest BCUT2D eigenvalue weighted by Gasteiger charge is -2.34. The minimum absolute atomic E-state index is 0. The molecule has 0 radical (unpaired) electrons. The summed E-state index contributed by atoms with van der Waals surface area (Å²) in [5.41, 5.74) is 18.6. The fourth-order valence-corrected chi connectivity index (χ4v) is 21.6. The minimum atomic E-state index is -1.45. The van der Waals surface area contributed by atoms with E-state index in [1.165, 1.54) is 23.8 Å². The molecule has 0 unspecified atom stereocenters. The molecule has 0 saturated heterocycles. The summed E-state index contributed by atoms with van der Waals surface area (Å²) in [5, 5.41) is 69.3. The van der Waals surface area contributed by atoms with Crippen molar-refractivity contribution in [3.8, 4) is 57.5 Å². The SMILES string of the molecule is C=C(C)[C@@H]1CCC(C)=C[C@H]1c1c(O)cc(CCCCC)cc1OC(=O)C[N+](C)(C)C.C=C(C)[C@@H]1CCC(C)=C[C@H]1c1c(O)cc(CCCCC)cc1OC(=O)C[N+](C)(C)CC(=O)Oc1cc(CCCCC)cc(O)c1[C@@H]1C=C(C)CC[C@H]1C(=C)C.C=C(C)[C@@H]1CCC(C)=C[C@H]1c1c(O)cc(CCCCC)cc1OC(=O)C[N+](C)(CC(=O)[O-])CC(=O)Oc1cc(CCCCC)cc(O)c1[C@@H]1C=C(C)CC[C@H]1C(=C)C.[CH3-].[CH3-]. The molecule has 0 spiro atoms. The molecule has 0 fully saturated rings. The van der Waals surface area contributed by atoms with Crippen LogP contribution in [0.4, 0.5) is 0 Å². The van der Waals surface area contributed by atoms with E-state index in [0.29, 0.717) is 56.8 Å². The number of nitrogens with zero attached hydrogens (tertiary/aromatic N) is 3. The Morgan fingerprint density at radius 2 is 0.490 bits per heavy atom. The summed E-state index contributed by atoms with van der Waals surface area (Å²) < 4.78 is 30.3. The van der Waals surface area contributed by atoms with Crippen LogP contribution in [0.2, 0.25) is 0 Å². The third-order valence-electron chi connectivity index (χ3n) is 29.2. The zero-order valence-electron chi connectivity index (χ0n) is 92.9. The van der Waals surface area contributed by atoms with Crippen LogP contribution in [-0.2, 0) is 60.9 Å². The van der Waals surface area contributed by atoms with E-state index in [9.17, 15) is 59.4 Å². The molecule has 0 aromatic heterocycles. The summed E-state index contributed by atoms with van der Waals surface area (Å²) in [5.74, 6) is -2.57. The van der Waals surface area contributed by atoms with Gasteiger partial charge in [-0.15, -0.1) is 0 Å². The number of rotatable bonds is 47. The van der Waals surface area contributed by atoms with E-state index in [1.807, 2.05) is 106 Å². The van der Waals surface area contributed by atoms with Crippen molar-refractivity contribution in [3.63, 3.8) is 0 Å². The molecule has 0 bridgehead atoms. The van der Waals surface area contributed by atoms with Gasteiger partial charge in [-0.2, -0.15) is 0 Å². The molecule has 5 aromatic carbocycles. The molecular weight excluding hydrogens is 1820 g/mol. The lowest BCUT2D eigenvalue weighted by molar-refractivity contribution is -0.889. The fourth-order valence-electron chi connectivity index (χ4n) is 21.6. The number of hydrogen-bond donors (Lipinski definition) is 5.